The second kappa shape index (κ2) is 9.67. The molecule has 0 saturated carbocycles. The molecule has 1 aromatic carbocycles. The Morgan fingerprint density at radius 3 is 3.09 bits per heavy atom. The summed E-state index contributed by atoms with van der Waals surface area (Å²) in [4.78, 5) is 15.5. The summed E-state index contributed by atoms with van der Waals surface area (Å²) in [5, 5.41) is 2.99. The van der Waals surface area contributed by atoms with Gasteiger partial charge in [-0.05, 0) is 24.1 Å². The molecule has 4 nitrogen and oxygen atoms in total. The van der Waals surface area contributed by atoms with Crippen molar-refractivity contribution in [1.82, 2.24) is 10.2 Å². The van der Waals surface area contributed by atoms with Crippen molar-refractivity contribution in [3.63, 3.8) is 0 Å². The molecule has 6 heteroatoms. The van der Waals surface area contributed by atoms with Crippen LogP contribution >= 0.6 is 27.7 Å². The number of halogens is 1. The maximum atomic E-state index is 12.0. The Balaban J connectivity index is 1.67. The van der Waals surface area contributed by atoms with Crippen LogP contribution in [0.3, 0.4) is 0 Å². The summed E-state index contributed by atoms with van der Waals surface area (Å²) in [6, 6.07) is 7.99. The first-order valence-electron chi connectivity index (χ1n) is 8.02. The summed E-state index contributed by atoms with van der Waals surface area (Å²) in [5.74, 6) is 1.14. The van der Waals surface area contributed by atoms with Gasteiger partial charge in [0.1, 0.15) is 0 Å². The van der Waals surface area contributed by atoms with Gasteiger partial charge in [-0.1, -0.05) is 35.8 Å². The van der Waals surface area contributed by atoms with Crippen molar-refractivity contribution in [3.8, 4) is 0 Å². The van der Waals surface area contributed by atoms with Crippen molar-refractivity contribution in [3.05, 3.63) is 28.7 Å². The second-order valence-electron chi connectivity index (χ2n) is 6.20. The Labute approximate surface area is 151 Å². The zero-order valence-corrected chi connectivity index (χ0v) is 16.2. The van der Waals surface area contributed by atoms with Gasteiger partial charge in [-0.15, -0.1) is 11.8 Å². The van der Waals surface area contributed by atoms with E-state index >= 15 is 0 Å². The van der Waals surface area contributed by atoms with E-state index in [2.05, 4.69) is 40.0 Å². The third kappa shape index (κ3) is 7.25. The summed E-state index contributed by atoms with van der Waals surface area (Å²) in [7, 11) is 0. The number of carbonyl (C=O) groups excluding carboxylic acids is 1. The van der Waals surface area contributed by atoms with Crippen LogP contribution in [0.2, 0.25) is 0 Å². The molecule has 0 bridgehead atoms. The van der Waals surface area contributed by atoms with Gasteiger partial charge < -0.3 is 10.1 Å². The zero-order valence-electron chi connectivity index (χ0n) is 13.8. The van der Waals surface area contributed by atoms with Crippen LogP contribution in [-0.4, -0.2) is 55.4 Å². The topological polar surface area (TPSA) is 41.6 Å². The van der Waals surface area contributed by atoms with E-state index in [-0.39, 0.29) is 12.0 Å². The summed E-state index contributed by atoms with van der Waals surface area (Å²) in [6.45, 7) is 8.77. The predicted molar refractivity (Wildman–Crippen MR) is 98.9 cm³/mol. The molecule has 1 unspecified atom stereocenters. The highest BCUT2D eigenvalue weighted by Gasteiger charge is 2.21. The van der Waals surface area contributed by atoms with Crippen LogP contribution in [0.15, 0.2) is 33.6 Å². The number of nitrogens with zero attached hydrogens (tertiary/aromatic N) is 1. The Hall–Kier alpha value is -0.560. The van der Waals surface area contributed by atoms with E-state index in [1.807, 2.05) is 24.3 Å². The Morgan fingerprint density at radius 2 is 2.35 bits per heavy atom. The SMILES string of the molecule is CC(C)CN1CCOC(CNC(=O)CSc2cccc(Br)c2)C1. The molecule has 0 radical (unpaired) electrons. The van der Waals surface area contributed by atoms with Crippen LogP contribution in [0.4, 0.5) is 0 Å². The van der Waals surface area contributed by atoms with E-state index in [1.165, 1.54) is 0 Å². The van der Waals surface area contributed by atoms with Crippen LogP contribution in [-0.2, 0) is 9.53 Å². The lowest BCUT2D eigenvalue weighted by molar-refractivity contribution is -0.119. The first kappa shape index (κ1) is 18.8. The minimum absolute atomic E-state index is 0.0551. The van der Waals surface area contributed by atoms with Crippen molar-refractivity contribution in [1.29, 1.82) is 0 Å². The number of rotatable bonds is 7. The average molecular weight is 401 g/mol. The van der Waals surface area contributed by atoms with Crippen molar-refractivity contribution in [2.75, 3.05) is 38.5 Å². The standard InChI is InChI=1S/C17H25BrN2O2S/c1-13(2)10-20-6-7-22-15(11-20)9-19-17(21)12-23-16-5-3-4-14(18)8-16/h3-5,8,13,15H,6-7,9-12H2,1-2H3,(H,19,21). The van der Waals surface area contributed by atoms with Gasteiger partial charge in [-0.3, -0.25) is 9.69 Å². The lowest BCUT2D eigenvalue weighted by atomic mass is 10.2. The normalized spacial score (nSPS) is 19.0. The maximum Gasteiger partial charge on any atom is 0.230 e. The van der Waals surface area contributed by atoms with Crippen LogP contribution in [0.1, 0.15) is 13.8 Å². The van der Waals surface area contributed by atoms with Gasteiger partial charge in [-0.2, -0.15) is 0 Å². The van der Waals surface area contributed by atoms with Gasteiger partial charge in [0.05, 0.1) is 18.5 Å². The van der Waals surface area contributed by atoms with Gasteiger partial charge in [0.2, 0.25) is 5.91 Å². The maximum absolute atomic E-state index is 12.0. The summed E-state index contributed by atoms with van der Waals surface area (Å²) >= 11 is 4.98. The number of amides is 1. The highest BCUT2D eigenvalue weighted by Crippen LogP contribution is 2.21. The van der Waals surface area contributed by atoms with Crippen molar-refractivity contribution in [2.45, 2.75) is 24.8 Å². The van der Waals surface area contributed by atoms with Crippen molar-refractivity contribution < 1.29 is 9.53 Å². The lowest BCUT2D eigenvalue weighted by Crippen LogP contribution is -2.48. The molecular weight excluding hydrogens is 376 g/mol. The molecular formula is C17H25BrN2O2S. The molecule has 1 saturated heterocycles. The van der Waals surface area contributed by atoms with Crippen molar-refractivity contribution >= 4 is 33.6 Å². The van der Waals surface area contributed by atoms with Gasteiger partial charge in [0.25, 0.3) is 0 Å². The predicted octanol–water partition coefficient (Wildman–Crippen LogP) is 3.01. The fraction of sp³-hybridized carbons (Fsp3) is 0.588. The molecule has 1 heterocycles. The van der Waals surface area contributed by atoms with Gasteiger partial charge in [0.15, 0.2) is 0 Å². The quantitative estimate of drug-likeness (QED) is 0.714. The highest BCUT2D eigenvalue weighted by atomic mass is 79.9. The number of nitrogens with one attached hydrogen (secondary N) is 1. The second-order valence-corrected chi connectivity index (χ2v) is 8.16. The molecule has 0 aromatic heterocycles. The van der Waals surface area contributed by atoms with E-state index in [0.29, 0.717) is 18.2 Å². The largest absolute Gasteiger partial charge is 0.374 e. The highest BCUT2D eigenvalue weighted by molar-refractivity contribution is 9.10. The summed E-state index contributed by atoms with van der Waals surface area (Å²) in [5.41, 5.74) is 0. The fourth-order valence-corrected chi connectivity index (χ4v) is 3.91. The van der Waals surface area contributed by atoms with Crippen LogP contribution in [0.25, 0.3) is 0 Å². The minimum atomic E-state index is 0.0551. The molecule has 2 rings (SSSR count). The third-order valence-corrected chi connectivity index (χ3v) is 5.03. The Bertz CT molecular complexity index is 513. The first-order valence-corrected chi connectivity index (χ1v) is 9.80. The van der Waals surface area contributed by atoms with Crippen molar-refractivity contribution in [2.24, 2.45) is 5.92 Å². The molecule has 1 fully saturated rings. The molecule has 1 aliphatic heterocycles. The van der Waals surface area contributed by atoms with Crippen LogP contribution < -0.4 is 5.32 Å². The van der Waals surface area contributed by atoms with E-state index in [1.54, 1.807) is 11.8 Å². The average Bonchev–Trinajstić information content (AvgIpc) is 2.51. The number of morpholine rings is 1. The monoisotopic (exact) mass is 400 g/mol. The number of hydrogen-bond donors (Lipinski definition) is 1. The summed E-state index contributed by atoms with van der Waals surface area (Å²) in [6.07, 6.45) is 0.0994. The third-order valence-electron chi connectivity index (χ3n) is 3.54. The lowest BCUT2D eigenvalue weighted by Gasteiger charge is -2.33. The molecule has 0 aliphatic carbocycles. The van der Waals surface area contributed by atoms with E-state index in [9.17, 15) is 4.79 Å². The number of ether oxygens (including phenoxy) is 1. The number of carbonyl (C=O) groups is 1. The smallest absolute Gasteiger partial charge is 0.230 e. The van der Waals surface area contributed by atoms with Gasteiger partial charge in [-0.25, -0.2) is 0 Å². The molecule has 1 aromatic rings. The first-order chi connectivity index (χ1) is 11.0. The van der Waals surface area contributed by atoms with Gasteiger partial charge >= 0.3 is 0 Å². The molecule has 1 atom stereocenters. The van der Waals surface area contributed by atoms with Crippen LogP contribution in [0, 0.1) is 5.92 Å². The fourth-order valence-electron chi connectivity index (χ4n) is 2.57. The molecule has 1 aliphatic rings. The summed E-state index contributed by atoms with van der Waals surface area (Å²) < 4.78 is 6.78. The molecule has 1 N–H and O–H groups in total. The molecule has 0 spiro atoms. The number of benzene rings is 1. The molecule has 128 valence electrons. The minimum Gasteiger partial charge on any atom is -0.374 e. The zero-order chi connectivity index (χ0) is 16.7. The number of hydrogen-bond acceptors (Lipinski definition) is 4. The van der Waals surface area contributed by atoms with E-state index < -0.39 is 0 Å². The Kier molecular flexibility index (Phi) is 7.89. The van der Waals surface area contributed by atoms with Gasteiger partial charge in [0, 0.05) is 35.5 Å². The van der Waals surface area contributed by atoms with E-state index in [4.69, 9.17) is 4.74 Å². The molecule has 1 amide bonds. The number of thioether (sulfide) groups is 1. The molecule has 23 heavy (non-hydrogen) atoms. The van der Waals surface area contributed by atoms with Crippen LogP contribution in [0.5, 0.6) is 0 Å². The Morgan fingerprint density at radius 1 is 1.52 bits per heavy atom. The van der Waals surface area contributed by atoms with E-state index in [0.717, 1.165) is 35.6 Å².